The van der Waals surface area contributed by atoms with E-state index in [2.05, 4.69) is 20.8 Å². The molecule has 0 radical (unpaired) electrons. The van der Waals surface area contributed by atoms with Crippen LogP contribution >= 0.6 is 23.2 Å². The van der Waals surface area contributed by atoms with E-state index < -0.39 is 6.03 Å². The lowest BCUT2D eigenvalue weighted by molar-refractivity contribution is 0.262. The molecule has 106 valence electrons. The molecule has 0 aliphatic heterocycles. The monoisotopic (exact) mass is 320 g/mol. The summed E-state index contributed by atoms with van der Waals surface area (Å²) in [7, 11) is 0. The molecule has 0 aliphatic rings. The number of nitrogens with zero attached hydrogens (tertiary/aromatic N) is 1. The fraction of sp³-hybridized carbons (Fsp3) is 0. The largest absolute Gasteiger partial charge is 0.323 e. The van der Waals surface area contributed by atoms with Crippen molar-refractivity contribution >= 4 is 51.5 Å². The van der Waals surface area contributed by atoms with Crippen LogP contribution < -0.4 is 10.6 Å². The number of fused-ring (bicyclic) bond motifs is 1. The first-order chi connectivity index (χ1) is 10.1. The number of rotatable bonds is 2. The number of halogens is 2. The van der Waals surface area contributed by atoms with Crippen molar-refractivity contribution < 1.29 is 4.79 Å². The third kappa shape index (κ3) is 3.09. The number of aromatic amines is 1. The molecule has 3 rings (SSSR count). The van der Waals surface area contributed by atoms with Gasteiger partial charge in [0.05, 0.1) is 22.4 Å². The molecule has 0 spiro atoms. The van der Waals surface area contributed by atoms with Crippen molar-refractivity contribution in [1.29, 1.82) is 0 Å². The number of anilines is 2. The smallest absolute Gasteiger partial charge is 0.308 e. The number of nitrogens with one attached hydrogen (secondary N) is 3. The van der Waals surface area contributed by atoms with Crippen molar-refractivity contribution in [3.8, 4) is 0 Å². The lowest BCUT2D eigenvalue weighted by Crippen LogP contribution is -2.19. The van der Waals surface area contributed by atoms with E-state index in [9.17, 15) is 4.79 Å². The molecular weight excluding hydrogens is 311 g/mol. The van der Waals surface area contributed by atoms with Crippen LogP contribution in [0.5, 0.6) is 0 Å². The van der Waals surface area contributed by atoms with Gasteiger partial charge in [0.2, 0.25) is 0 Å². The maximum Gasteiger partial charge on any atom is 0.323 e. The van der Waals surface area contributed by atoms with Gasteiger partial charge < -0.3 is 10.6 Å². The van der Waals surface area contributed by atoms with Crippen molar-refractivity contribution in [1.82, 2.24) is 10.2 Å². The van der Waals surface area contributed by atoms with Gasteiger partial charge >= 0.3 is 6.03 Å². The summed E-state index contributed by atoms with van der Waals surface area (Å²) in [5, 5.41) is 14.0. The predicted octanol–water partition coefficient (Wildman–Crippen LogP) is 4.51. The lowest BCUT2D eigenvalue weighted by Gasteiger charge is -2.09. The number of benzene rings is 2. The van der Waals surface area contributed by atoms with Gasteiger partial charge in [-0.2, -0.15) is 5.10 Å². The second kappa shape index (κ2) is 5.63. The van der Waals surface area contributed by atoms with Crippen LogP contribution in [0.15, 0.2) is 42.6 Å². The number of hydrogen-bond acceptors (Lipinski definition) is 2. The van der Waals surface area contributed by atoms with E-state index >= 15 is 0 Å². The zero-order valence-corrected chi connectivity index (χ0v) is 12.2. The predicted molar refractivity (Wildman–Crippen MR) is 85.2 cm³/mol. The summed E-state index contributed by atoms with van der Waals surface area (Å²) in [5.41, 5.74) is 1.93. The molecule has 0 saturated heterocycles. The van der Waals surface area contributed by atoms with Crippen molar-refractivity contribution in [2.24, 2.45) is 0 Å². The normalized spacial score (nSPS) is 10.6. The Morgan fingerprint density at radius 1 is 1.10 bits per heavy atom. The second-order valence-electron chi connectivity index (χ2n) is 4.38. The number of H-pyrrole nitrogens is 1. The minimum Gasteiger partial charge on any atom is -0.308 e. The number of carbonyl (C=O) groups is 1. The van der Waals surface area contributed by atoms with Crippen LogP contribution in [0.1, 0.15) is 0 Å². The standard InChI is InChI=1S/C14H10Cl2N4O/c15-9-2-4-11(16)13(5-9)19-14(21)18-10-3-1-8-7-17-20-12(8)6-10/h1-7H,(H,17,20)(H2,18,19,21). The van der Waals surface area contributed by atoms with E-state index in [0.29, 0.717) is 21.4 Å². The van der Waals surface area contributed by atoms with Crippen LogP contribution in [-0.4, -0.2) is 16.2 Å². The van der Waals surface area contributed by atoms with Crippen molar-refractivity contribution in [2.75, 3.05) is 10.6 Å². The number of hydrogen-bond donors (Lipinski definition) is 3. The highest BCUT2D eigenvalue weighted by molar-refractivity contribution is 6.35. The quantitative estimate of drug-likeness (QED) is 0.650. The molecule has 3 N–H and O–H groups in total. The maximum atomic E-state index is 12.0. The van der Waals surface area contributed by atoms with Gasteiger partial charge in [-0.1, -0.05) is 23.2 Å². The molecule has 21 heavy (non-hydrogen) atoms. The average Bonchev–Trinajstić information content (AvgIpc) is 2.90. The van der Waals surface area contributed by atoms with E-state index in [0.717, 1.165) is 10.9 Å². The Kier molecular flexibility index (Phi) is 3.68. The Bertz CT molecular complexity index is 816. The van der Waals surface area contributed by atoms with E-state index in [1.807, 2.05) is 6.07 Å². The van der Waals surface area contributed by atoms with Crippen LogP contribution in [0.4, 0.5) is 16.2 Å². The average molecular weight is 321 g/mol. The summed E-state index contributed by atoms with van der Waals surface area (Å²) in [6, 6.07) is 9.90. The molecule has 0 fully saturated rings. The Morgan fingerprint density at radius 2 is 1.95 bits per heavy atom. The fourth-order valence-corrected chi connectivity index (χ4v) is 2.23. The van der Waals surface area contributed by atoms with Crippen LogP contribution in [0, 0.1) is 0 Å². The van der Waals surface area contributed by atoms with Crippen molar-refractivity contribution in [3.63, 3.8) is 0 Å². The Balaban J connectivity index is 1.75. The van der Waals surface area contributed by atoms with Gasteiger partial charge in [0.25, 0.3) is 0 Å². The van der Waals surface area contributed by atoms with E-state index in [1.54, 1.807) is 36.5 Å². The number of amides is 2. The molecule has 1 aromatic heterocycles. The number of aromatic nitrogens is 2. The fourth-order valence-electron chi connectivity index (χ4n) is 1.89. The molecule has 0 aliphatic carbocycles. The van der Waals surface area contributed by atoms with Crippen molar-refractivity contribution in [2.45, 2.75) is 0 Å². The second-order valence-corrected chi connectivity index (χ2v) is 5.22. The van der Waals surface area contributed by atoms with Crippen LogP contribution in [0.3, 0.4) is 0 Å². The van der Waals surface area contributed by atoms with Gasteiger partial charge in [-0.05, 0) is 36.4 Å². The Morgan fingerprint density at radius 3 is 2.81 bits per heavy atom. The van der Waals surface area contributed by atoms with Gasteiger partial charge in [-0.25, -0.2) is 4.79 Å². The molecular formula is C14H10Cl2N4O. The highest BCUT2D eigenvalue weighted by Crippen LogP contribution is 2.25. The summed E-state index contributed by atoms with van der Waals surface area (Å²) in [6.45, 7) is 0. The molecule has 3 aromatic rings. The van der Waals surface area contributed by atoms with Crippen LogP contribution in [0.2, 0.25) is 10.0 Å². The third-order valence-electron chi connectivity index (χ3n) is 2.88. The molecule has 0 atom stereocenters. The first-order valence-corrected chi connectivity index (χ1v) is 6.83. The first kappa shape index (κ1) is 13.7. The van der Waals surface area contributed by atoms with Crippen LogP contribution in [0.25, 0.3) is 10.9 Å². The van der Waals surface area contributed by atoms with Gasteiger partial charge in [0, 0.05) is 16.1 Å². The Labute approximate surface area is 130 Å². The topological polar surface area (TPSA) is 69.8 Å². The minimum atomic E-state index is -0.405. The molecule has 5 nitrogen and oxygen atoms in total. The molecule has 0 bridgehead atoms. The highest BCUT2D eigenvalue weighted by atomic mass is 35.5. The summed E-state index contributed by atoms with van der Waals surface area (Å²) in [6.07, 6.45) is 1.71. The van der Waals surface area contributed by atoms with E-state index in [4.69, 9.17) is 23.2 Å². The summed E-state index contributed by atoms with van der Waals surface area (Å²) >= 11 is 11.9. The summed E-state index contributed by atoms with van der Waals surface area (Å²) in [4.78, 5) is 12.0. The molecule has 0 unspecified atom stereocenters. The van der Waals surface area contributed by atoms with E-state index in [-0.39, 0.29) is 0 Å². The molecule has 1 heterocycles. The third-order valence-corrected chi connectivity index (χ3v) is 3.44. The lowest BCUT2D eigenvalue weighted by atomic mass is 10.2. The molecule has 0 saturated carbocycles. The SMILES string of the molecule is O=C(Nc1ccc2cn[nH]c2c1)Nc1cc(Cl)ccc1Cl. The van der Waals surface area contributed by atoms with Crippen LogP contribution in [-0.2, 0) is 0 Å². The number of carbonyl (C=O) groups excluding carboxylic acids is 1. The summed E-state index contributed by atoms with van der Waals surface area (Å²) < 4.78 is 0. The molecule has 7 heteroatoms. The zero-order valence-electron chi connectivity index (χ0n) is 10.7. The van der Waals surface area contributed by atoms with Crippen molar-refractivity contribution in [3.05, 3.63) is 52.6 Å². The molecule has 2 amide bonds. The van der Waals surface area contributed by atoms with Gasteiger partial charge in [-0.15, -0.1) is 0 Å². The molecule has 2 aromatic carbocycles. The first-order valence-electron chi connectivity index (χ1n) is 6.08. The number of urea groups is 1. The summed E-state index contributed by atoms with van der Waals surface area (Å²) in [5.74, 6) is 0. The van der Waals surface area contributed by atoms with Gasteiger partial charge in [0.1, 0.15) is 0 Å². The highest BCUT2D eigenvalue weighted by Gasteiger charge is 2.07. The Hall–Kier alpha value is -2.24. The van der Waals surface area contributed by atoms with E-state index in [1.165, 1.54) is 0 Å². The van der Waals surface area contributed by atoms with Gasteiger partial charge in [-0.3, -0.25) is 5.10 Å². The maximum absolute atomic E-state index is 12.0. The minimum absolute atomic E-state index is 0.405. The van der Waals surface area contributed by atoms with Gasteiger partial charge in [0.15, 0.2) is 0 Å². The zero-order chi connectivity index (χ0) is 14.8.